The van der Waals surface area contributed by atoms with Crippen LogP contribution in [0, 0.1) is 0 Å². The summed E-state index contributed by atoms with van der Waals surface area (Å²) in [5.41, 5.74) is 6.49. The second-order valence-electron chi connectivity index (χ2n) is 4.37. The van der Waals surface area contributed by atoms with Crippen molar-refractivity contribution in [3.8, 4) is 5.88 Å². The highest BCUT2D eigenvalue weighted by Gasteiger charge is 2.12. The molecule has 1 aromatic heterocycles. The Morgan fingerprint density at radius 2 is 2.28 bits per heavy atom. The van der Waals surface area contributed by atoms with Gasteiger partial charge in [-0.3, -0.25) is 4.79 Å². The Morgan fingerprint density at radius 3 is 2.89 bits per heavy atom. The second-order valence-corrected chi connectivity index (χ2v) is 4.37. The third-order valence-electron chi connectivity index (χ3n) is 2.43. The average molecular weight is 251 g/mol. The zero-order valence-electron chi connectivity index (χ0n) is 11.1. The molecule has 1 aromatic rings. The molecule has 0 aliphatic rings. The fourth-order valence-electron chi connectivity index (χ4n) is 1.39. The van der Waals surface area contributed by atoms with Gasteiger partial charge in [-0.05, 0) is 26.3 Å². The number of carbonyl (C=O) groups excluding carboxylic acids is 1. The van der Waals surface area contributed by atoms with Crippen molar-refractivity contribution in [2.45, 2.75) is 45.9 Å². The van der Waals surface area contributed by atoms with E-state index < -0.39 is 6.04 Å². The summed E-state index contributed by atoms with van der Waals surface area (Å²) in [4.78, 5) is 15.7. The summed E-state index contributed by atoms with van der Waals surface area (Å²) in [6.07, 6.45) is 2.34. The Balaban J connectivity index is 2.64. The largest absolute Gasteiger partial charge is 0.475 e. The minimum atomic E-state index is -0.462. The molecule has 3 N–H and O–H groups in total. The minimum Gasteiger partial charge on any atom is -0.475 e. The Kier molecular flexibility index (Phi) is 5.58. The van der Waals surface area contributed by atoms with Gasteiger partial charge in [-0.1, -0.05) is 13.0 Å². The molecule has 0 bridgehead atoms. The van der Waals surface area contributed by atoms with Crippen LogP contribution in [0.2, 0.25) is 0 Å². The predicted octanol–water partition coefficient (Wildman–Crippen LogP) is 1.22. The van der Waals surface area contributed by atoms with Gasteiger partial charge in [0.25, 0.3) is 0 Å². The summed E-state index contributed by atoms with van der Waals surface area (Å²) in [6.45, 7) is 6.12. The van der Waals surface area contributed by atoms with Crippen molar-refractivity contribution in [3.63, 3.8) is 0 Å². The van der Waals surface area contributed by atoms with Gasteiger partial charge in [-0.2, -0.15) is 0 Å². The number of ether oxygens (including phenoxy) is 1. The number of nitrogens with one attached hydrogen (secondary N) is 1. The number of nitrogens with zero attached hydrogens (tertiary/aromatic N) is 1. The molecule has 0 spiro atoms. The van der Waals surface area contributed by atoms with Gasteiger partial charge < -0.3 is 15.8 Å². The molecule has 5 heteroatoms. The molecular formula is C13H21N3O2. The molecular weight excluding hydrogens is 230 g/mol. The summed E-state index contributed by atoms with van der Waals surface area (Å²) in [5.74, 6) is 0.398. The maximum Gasteiger partial charge on any atom is 0.237 e. The van der Waals surface area contributed by atoms with E-state index in [9.17, 15) is 4.79 Å². The highest BCUT2D eigenvalue weighted by atomic mass is 16.5. The fraction of sp³-hybridized carbons (Fsp3) is 0.538. The van der Waals surface area contributed by atoms with Gasteiger partial charge in [-0.25, -0.2) is 4.98 Å². The molecule has 1 heterocycles. The lowest BCUT2D eigenvalue weighted by molar-refractivity contribution is -0.122. The van der Waals surface area contributed by atoms with Crippen molar-refractivity contribution in [3.05, 3.63) is 23.9 Å². The molecule has 0 radical (unpaired) electrons. The number of hydrogen-bond acceptors (Lipinski definition) is 4. The lowest BCUT2D eigenvalue weighted by Gasteiger charge is -2.14. The molecule has 0 aliphatic carbocycles. The van der Waals surface area contributed by atoms with Crippen molar-refractivity contribution < 1.29 is 9.53 Å². The van der Waals surface area contributed by atoms with Gasteiger partial charge in [-0.15, -0.1) is 0 Å². The number of aromatic nitrogens is 1. The number of amides is 1. The van der Waals surface area contributed by atoms with E-state index in [1.807, 2.05) is 32.9 Å². The lowest BCUT2D eigenvalue weighted by Crippen LogP contribution is -2.39. The van der Waals surface area contributed by atoms with Crippen LogP contribution in [0.25, 0.3) is 0 Å². The van der Waals surface area contributed by atoms with Crippen LogP contribution >= 0.6 is 0 Å². The molecule has 5 nitrogen and oxygen atoms in total. The third kappa shape index (κ3) is 4.33. The SMILES string of the molecule is CC[C@@H](N)C(=O)NCc1cccnc1OC(C)C. The lowest BCUT2D eigenvalue weighted by atomic mass is 10.2. The molecule has 0 aliphatic heterocycles. The van der Waals surface area contributed by atoms with Gasteiger partial charge in [0.1, 0.15) is 0 Å². The van der Waals surface area contributed by atoms with E-state index in [1.165, 1.54) is 0 Å². The number of carbonyl (C=O) groups is 1. The highest BCUT2D eigenvalue weighted by Crippen LogP contribution is 2.15. The third-order valence-corrected chi connectivity index (χ3v) is 2.43. The molecule has 0 fully saturated rings. The van der Waals surface area contributed by atoms with Crippen LogP contribution in [-0.4, -0.2) is 23.0 Å². The van der Waals surface area contributed by atoms with Gasteiger partial charge in [0, 0.05) is 18.3 Å². The van der Waals surface area contributed by atoms with E-state index in [1.54, 1.807) is 6.20 Å². The van der Waals surface area contributed by atoms with E-state index in [0.717, 1.165) is 5.56 Å². The fourth-order valence-corrected chi connectivity index (χ4v) is 1.39. The number of hydrogen-bond donors (Lipinski definition) is 2. The predicted molar refractivity (Wildman–Crippen MR) is 70.1 cm³/mol. The van der Waals surface area contributed by atoms with E-state index in [2.05, 4.69) is 10.3 Å². The topological polar surface area (TPSA) is 77.2 Å². The van der Waals surface area contributed by atoms with E-state index >= 15 is 0 Å². The first-order chi connectivity index (χ1) is 8.54. The standard InChI is InChI=1S/C13H21N3O2/c1-4-11(14)12(17)16-8-10-6-5-7-15-13(10)18-9(2)3/h5-7,9,11H,4,8,14H2,1-3H3,(H,16,17)/t11-/m1/s1. The molecule has 0 unspecified atom stereocenters. The normalized spacial score (nSPS) is 12.3. The van der Waals surface area contributed by atoms with E-state index in [4.69, 9.17) is 10.5 Å². The minimum absolute atomic E-state index is 0.0484. The van der Waals surface area contributed by atoms with Crippen LogP contribution in [0.1, 0.15) is 32.8 Å². The molecule has 100 valence electrons. The quantitative estimate of drug-likeness (QED) is 0.797. The maximum absolute atomic E-state index is 11.6. The summed E-state index contributed by atoms with van der Waals surface area (Å²) in [7, 11) is 0. The number of nitrogens with two attached hydrogens (primary N) is 1. The molecule has 18 heavy (non-hydrogen) atoms. The summed E-state index contributed by atoms with van der Waals surface area (Å²) in [6, 6.07) is 3.23. The Morgan fingerprint density at radius 1 is 1.56 bits per heavy atom. The molecule has 1 amide bonds. The smallest absolute Gasteiger partial charge is 0.237 e. The van der Waals surface area contributed by atoms with Gasteiger partial charge in [0.05, 0.1) is 12.1 Å². The molecule has 1 atom stereocenters. The van der Waals surface area contributed by atoms with Crippen LogP contribution in [-0.2, 0) is 11.3 Å². The Bertz CT molecular complexity index is 394. The van der Waals surface area contributed by atoms with Gasteiger partial charge >= 0.3 is 0 Å². The number of pyridine rings is 1. The van der Waals surface area contributed by atoms with Crippen molar-refractivity contribution in [2.75, 3.05) is 0 Å². The molecule has 0 saturated heterocycles. The summed E-state index contributed by atoms with van der Waals surface area (Å²) in [5, 5.41) is 2.78. The zero-order chi connectivity index (χ0) is 13.5. The Hall–Kier alpha value is -1.62. The highest BCUT2D eigenvalue weighted by molar-refractivity contribution is 5.81. The van der Waals surface area contributed by atoms with Crippen molar-refractivity contribution >= 4 is 5.91 Å². The first-order valence-corrected chi connectivity index (χ1v) is 6.18. The Labute approximate surface area is 108 Å². The first-order valence-electron chi connectivity index (χ1n) is 6.18. The summed E-state index contributed by atoms with van der Waals surface area (Å²) >= 11 is 0. The molecule has 0 saturated carbocycles. The van der Waals surface area contributed by atoms with Crippen LogP contribution in [0.15, 0.2) is 18.3 Å². The van der Waals surface area contributed by atoms with Crippen LogP contribution in [0.4, 0.5) is 0 Å². The van der Waals surface area contributed by atoms with E-state index in [0.29, 0.717) is 18.8 Å². The molecule has 0 aromatic carbocycles. The monoisotopic (exact) mass is 251 g/mol. The van der Waals surface area contributed by atoms with E-state index in [-0.39, 0.29) is 12.0 Å². The summed E-state index contributed by atoms with van der Waals surface area (Å²) < 4.78 is 5.57. The van der Waals surface area contributed by atoms with Crippen molar-refractivity contribution in [1.29, 1.82) is 0 Å². The van der Waals surface area contributed by atoms with Gasteiger partial charge in [0.15, 0.2) is 0 Å². The second kappa shape index (κ2) is 6.96. The van der Waals surface area contributed by atoms with Crippen LogP contribution < -0.4 is 15.8 Å². The average Bonchev–Trinajstić information content (AvgIpc) is 2.35. The zero-order valence-corrected chi connectivity index (χ0v) is 11.1. The van der Waals surface area contributed by atoms with Gasteiger partial charge in [0.2, 0.25) is 11.8 Å². The maximum atomic E-state index is 11.6. The number of rotatable bonds is 6. The van der Waals surface area contributed by atoms with Crippen molar-refractivity contribution in [2.24, 2.45) is 5.73 Å². The van der Waals surface area contributed by atoms with Crippen LogP contribution in [0.5, 0.6) is 5.88 Å². The first kappa shape index (κ1) is 14.4. The van der Waals surface area contributed by atoms with Crippen LogP contribution in [0.3, 0.4) is 0 Å². The van der Waals surface area contributed by atoms with Crippen molar-refractivity contribution in [1.82, 2.24) is 10.3 Å². The molecule has 1 rings (SSSR count).